The molecule has 0 bridgehead atoms. The van der Waals surface area contributed by atoms with Crippen molar-refractivity contribution in [2.24, 2.45) is 0 Å². The molecule has 0 unspecified atom stereocenters. The molecule has 0 aliphatic carbocycles. The summed E-state index contributed by atoms with van der Waals surface area (Å²) in [4.78, 5) is 0. The van der Waals surface area contributed by atoms with Gasteiger partial charge in [-0.1, -0.05) is 69.6 Å². The van der Waals surface area contributed by atoms with E-state index in [0.29, 0.717) is 11.5 Å². The molecule has 0 saturated carbocycles. The topological polar surface area (TPSA) is 18.5 Å². The molecule has 0 amide bonds. The molecule has 0 heterocycles. The van der Waals surface area contributed by atoms with E-state index in [-0.39, 0.29) is 35.9 Å². The van der Waals surface area contributed by atoms with Crippen molar-refractivity contribution in [2.75, 3.05) is 7.11 Å². The van der Waals surface area contributed by atoms with Gasteiger partial charge in [-0.2, -0.15) is 0 Å². The normalized spacial score (nSPS) is 10.6. The highest BCUT2D eigenvalue weighted by atomic mass is 35.5. The molecule has 0 aliphatic heterocycles. The lowest BCUT2D eigenvalue weighted by molar-refractivity contribution is 0.413. The van der Waals surface area contributed by atoms with Crippen LogP contribution in [0.3, 0.4) is 0 Å². The zero-order valence-corrected chi connectivity index (χ0v) is 14.9. The summed E-state index contributed by atoms with van der Waals surface area (Å²) < 4.78 is 10.7. The molecule has 0 N–H and O–H groups in total. The zero-order valence-electron chi connectivity index (χ0n) is 10.3. The monoisotopic (exact) mass is 404 g/mol. The van der Waals surface area contributed by atoms with Crippen LogP contribution in [0.5, 0.6) is 17.2 Å². The minimum absolute atomic E-state index is 0.0947. The molecule has 0 fully saturated rings. The van der Waals surface area contributed by atoms with Gasteiger partial charge in [0.2, 0.25) is 0 Å². The van der Waals surface area contributed by atoms with Gasteiger partial charge in [0.25, 0.3) is 0 Å². The number of benzene rings is 2. The lowest BCUT2D eigenvalue weighted by Crippen LogP contribution is -1.91. The summed E-state index contributed by atoms with van der Waals surface area (Å²) in [6.07, 6.45) is 0. The Balaban J connectivity index is 2.46. The fourth-order valence-corrected chi connectivity index (χ4v) is 3.15. The zero-order chi connectivity index (χ0) is 15.7. The molecule has 2 aromatic carbocycles. The van der Waals surface area contributed by atoms with Crippen LogP contribution in [-0.2, 0) is 0 Å². The number of halogens is 6. The molecule has 0 atom stereocenters. The van der Waals surface area contributed by atoms with Gasteiger partial charge >= 0.3 is 0 Å². The van der Waals surface area contributed by atoms with Gasteiger partial charge in [-0.25, -0.2) is 0 Å². The summed E-state index contributed by atoms with van der Waals surface area (Å²) >= 11 is 36.0. The SMILES string of the molecule is COc1c(Cl)cc(Oc2c(Cl)cc(Cl)c(Cl)c2Cl)cc1Cl. The molecular weight excluding hydrogens is 401 g/mol. The van der Waals surface area contributed by atoms with Crippen LogP contribution in [0.1, 0.15) is 0 Å². The van der Waals surface area contributed by atoms with Crippen LogP contribution >= 0.6 is 69.6 Å². The van der Waals surface area contributed by atoms with Crippen molar-refractivity contribution >= 4 is 69.6 Å². The molecule has 0 aliphatic rings. The third-order valence-electron chi connectivity index (χ3n) is 2.47. The first kappa shape index (κ1) is 17.1. The van der Waals surface area contributed by atoms with Gasteiger partial charge in [0, 0.05) is 12.1 Å². The van der Waals surface area contributed by atoms with Gasteiger partial charge in [0.15, 0.2) is 11.5 Å². The number of rotatable bonds is 3. The van der Waals surface area contributed by atoms with Crippen LogP contribution in [0.4, 0.5) is 0 Å². The minimum Gasteiger partial charge on any atom is -0.494 e. The van der Waals surface area contributed by atoms with Gasteiger partial charge in [0.1, 0.15) is 10.8 Å². The molecule has 2 nitrogen and oxygen atoms in total. The second kappa shape index (κ2) is 6.91. The minimum atomic E-state index is 0.0947. The Hall–Kier alpha value is -0.220. The van der Waals surface area contributed by atoms with E-state index in [0.717, 1.165) is 0 Å². The van der Waals surface area contributed by atoms with Gasteiger partial charge in [0.05, 0.1) is 32.2 Å². The van der Waals surface area contributed by atoms with Crippen molar-refractivity contribution in [2.45, 2.75) is 0 Å². The maximum Gasteiger partial charge on any atom is 0.166 e. The maximum atomic E-state index is 6.08. The molecular formula is C13H6Cl6O2. The third kappa shape index (κ3) is 3.58. The predicted molar refractivity (Wildman–Crippen MR) is 89.6 cm³/mol. The summed E-state index contributed by atoms with van der Waals surface area (Å²) in [5, 5.41) is 1.24. The average Bonchev–Trinajstić information content (AvgIpc) is 2.41. The quantitative estimate of drug-likeness (QED) is 0.390. The highest BCUT2D eigenvalue weighted by molar-refractivity contribution is 6.50. The Morgan fingerprint density at radius 1 is 0.667 bits per heavy atom. The highest BCUT2D eigenvalue weighted by Gasteiger charge is 2.17. The van der Waals surface area contributed by atoms with E-state index in [4.69, 9.17) is 79.1 Å². The van der Waals surface area contributed by atoms with Crippen LogP contribution in [0.2, 0.25) is 30.1 Å². The van der Waals surface area contributed by atoms with Crippen molar-refractivity contribution < 1.29 is 9.47 Å². The first-order valence-electron chi connectivity index (χ1n) is 5.39. The number of hydrogen-bond acceptors (Lipinski definition) is 2. The molecule has 0 spiro atoms. The van der Waals surface area contributed by atoms with E-state index < -0.39 is 0 Å². The molecule has 21 heavy (non-hydrogen) atoms. The summed E-state index contributed by atoms with van der Waals surface area (Å²) in [5.74, 6) is 0.829. The van der Waals surface area contributed by atoms with Crippen molar-refractivity contribution in [1.29, 1.82) is 0 Å². The second-order valence-corrected chi connectivity index (χ2v) is 6.20. The summed E-state index contributed by atoms with van der Waals surface area (Å²) in [7, 11) is 1.46. The summed E-state index contributed by atoms with van der Waals surface area (Å²) in [5.41, 5.74) is 0. The van der Waals surface area contributed by atoms with Gasteiger partial charge < -0.3 is 9.47 Å². The molecule has 0 saturated heterocycles. The maximum absolute atomic E-state index is 6.08. The first-order valence-corrected chi connectivity index (χ1v) is 7.65. The predicted octanol–water partition coefficient (Wildman–Crippen LogP) is 7.41. The van der Waals surface area contributed by atoms with E-state index >= 15 is 0 Å². The number of hydrogen-bond donors (Lipinski definition) is 0. The third-order valence-corrected chi connectivity index (χ3v) is 4.55. The fraction of sp³-hybridized carbons (Fsp3) is 0.0769. The smallest absolute Gasteiger partial charge is 0.166 e. The standard InChI is InChI=1S/C13H6Cl6O2/c1-20-12-7(15)2-5(3-8(12)16)21-13-9(17)4-6(14)10(18)11(13)19/h2-4H,1H3. The lowest BCUT2D eigenvalue weighted by Gasteiger charge is -2.13. The largest absolute Gasteiger partial charge is 0.494 e. The molecule has 0 aromatic heterocycles. The van der Waals surface area contributed by atoms with Crippen LogP contribution in [-0.4, -0.2) is 7.11 Å². The lowest BCUT2D eigenvalue weighted by atomic mass is 10.3. The van der Waals surface area contributed by atoms with E-state index in [2.05, 4.69) is 0 Å². The van der Waals surface area contributed by atoms with Crippen molar-refractivity contribution in [3.05, 3.63) is 48.3 Å². The number of methoxy groups -OCH3 is 1. The average molecular weight is 407 g/mol. The van der Waals surface area contributed by atoms with Gasteiger partial charge in [-0.15, -0.1) is 0 Å². The van der Waals surface area contributed by atoms with Crippen molar-refractivity contribution in [3.8, 4) is 17.2 Å². The fourth-order valence-electron chi connectivity index (χ4n) is 1.55. The molecule has 2 rings (SSSR count). The van der Waals surface area contributed by atoms with Crippen LogP contribution in [0, 0.1) is 0 Å². The molecule has 0 radical (unpaired) electrons. The van der Waals surface area contributed by atoms with Gasteiger partial charge in [-0.3, -0.25) is 0 Å². The number of ether oxygens (including phenoxy) is 2. The second-order valence-electron chi connectivity index (χ2n) is 3.82. The highest BCUT2D eigenvalue weighted by Crippen LogP contribution is 2.45. The van der Waals surface area contributed by atoms with E-state index in [9.17, 15) is 0 Å². The van der Waals surface area contributed by atoms with Gasteiger partial charge in [-0.05, 0) is 6.07 Å². The summed E-state index contributed by atoms with van der Waals surface area (Å²) in [6, 6.07) is 4.46. The Labute approximate surface area is 151 Å². The van der Waals surface area contributed by atoms with Crippen LogP contribution in [0.25, 0.3) is 0 Å². The Kier molecular flexibility index (Phi) is 5.64. The first-order chi connectivity index (χ1) is 9.85. The molecule has 2 aromatic rings. The van der Waals surface area contributed by atoms with E-state index in [1.165, 1.54) is 25.3 Å². The molecule has 112 valence electrons. The summed E-state index contributed by atoms with van der Waals surface area (Å²) in [6.45, 7) is 0. The van der Waals surface area contributed by atoms with Crippen molar-refractivity contribution in [1.82, 2.24) is 0 Å². The van der Waals surface area contributed by atoms with E-state index in [1.54, 1.807) is 0 Å². The Morgan fingerprint density at radius 3 is 1.71 bits per heavy atom. The van der Waals surface area contributed by atoms with Crippen LogP contribution < -0.4 is 9.47 Å². The Bertz CT molecular complexity index is 679. The van der Waals surface area contributed by atoms with E-state index in [1.807, 2.05) is 0 Å². The van der Waals surface area contributed by atoms with Crippen LogP contribution in [0.15, 0.2) is 18.2 Å². The molecule has 8 heteroatoms. The Morgan fingerprint density at radius 2 is 1.19 bits per heavy atom. The van der Waals surface area contributed by atoms with Crippen molar-refractivity contribution in [3.63, 3.8) is 0 Å².